The second-order valence-electron chi connectivity index (χ2n) is 5.64. The summed E-state index contributed by atoms with van der Waals surface area (Å²) in [7, 11) is 4.07. The van der Waals surface area contributed by atoms with Gasteiger partial charge in [-0.25, -0.2) is 4.98 Å². The molecular weight excluding hydrogens is 272 g/mol. The quantitative estimate of drug-likeness (QED) is 0.721. The molecule has 0 unspecified atom stereocenters. The summed E-state index contributed by atoms with van der Waals surface area (Å²) in [4.78, 5) is 6.62. The van der Waals surface area contributed by atoms with Gasteiger partial charge in [0.1, 0.15) is 6.61 Å². The molecule has 0 bridgehead atoms. The van der Waals surface area contributed by atoms with Crippen molar-refractivity contribution >= 4 is 16.5 Å². The van der Waals surface area contributed by atoms with Gasteiger partial charge < -0.3 is 9.64 Å². The predicted octanol–water partition coefficient (Wildman–Crippen LogP) is 4.19. The normalized spacial score (nSPS) is 10.7. The molecule has 112 valence electrons. The number of pyridine rings is 1. The Morgan fingerprint density at radius 2 is 1.73 bits per heavy atom. The van der Waals surface area contributed by atoms with Crippen molar-refractivity contribution in [2.75, 3.05) is 19.0 Å². The molecule has 1 heterocycles. The molecule has 0 saturated heterocycles. The lowest BCUT2D eigenvalue weighted by Crippen LogP contribution is -2.08. The summed E-state index contributed by atoms with van der Waals surface area (Å²) in [6, 6.07) is 18.6. The van der Waals surface area contributed by atoms with Crippen LogP contribution >= 0.6 is 0 Å². The average Bonchev–Trinajstić information content (AvgIpc) is 2.52. The SMILES string of the molecule is Cc1cc2ccccc2c(OCc2ccc(N(C)C)cc2)n1. The van der Waals surface area contributed by atoms with Crippen LogP contribution < -0.4 is 9.64 Å². The molecule has 0 aliphatic rings. The number of hydrogen-bond acceptors (Lipinski definition) is 3. The molecule has 0 fully saturated rings. The maximum absolute atomic E-state index is 5.96. The van der Waals surface area contributed by atoms with Crippen molar-refractivity contribution in [2.24, 2.45) is 0 Å². The van der Waals surface area contributed by atoms with E-state index < -0.39 is 0 Å². The fourth-order valence-electron chi connectivity index (χ4n) is 2.45. The Morgan fingerprint density at radius 1 is 1.00 bits per heavy atom. The number of rotatable bonds is 4. The number of fused-ring (bicyclic) bond motifs is 1. The van der Waals surface area contributed by atoms with E-state index in [1.165, 1.54) is 5.69 Å². The molecular formula is C19H20N2O. The van der Waals surface area contributed by atoms with E-state index >= 15 is 0 Å². The van der Waals surface area contributed by atoms with Gasteiger partial charge in [0.15, 0.2) is 0 Å². The van der Waals surface area contributed by atoms with E-state index in [-0.39, 0.29) is 0 Å². The first-order valence-electron chi connectivity index (χ1n) is 7.39. The largest absolute Gasteiger partial charge is 0.472 e. The van der Waals surface area contributed by atoms with Crippen molar-refractivity contribution in [1.82, 2.24) is 4.98 Å². The summed E-state index contributed by atoms with van der Waals surface area (Å²) in [5.74, 6) is 0.701. The number of benzene rings is 2. The third-order valence-corrected chi connectivity index (χ3v) is 3.66. The number of aromatic nitrogens is 1. The lowest BCUT2D eigenvalue weighted by atomic mass is 10.1. The molecule has 0 aliphatic heterocycles. The Balaban J connectivity index is 1.81. The summed E-state index contributed by atoms with van der Waals surface area (Å²) >= 11 is 0. The van der Waals surface area contributed by atoms with Crippen LogP contribution in [0, 0.1) is 6.92 Å². The van der Waals surface area contributed by atoms with E-state index in [4.69, 9.17) is 4.74 Å². The lowest BCUT2D eigenvalue weighted by molar-refractivity contribution is 0.297. The second kappa shape index (κ2) is 6.06. The maximum Gasteiger partial charge on any atom is 0.221 e. The van der Waals surface area contributed by atoms with Gasteiger partial charge in [0.05, 0.1) is 0 Å². The predicted molar refractivity (Wildman–Crippen MR) is 91.6 cm³/mol. The van der Waals surface area contributed by atoms with Crippen LogP contribution in [0.5, 0.6) is 5.88 Å². The van der Waals surface area contributed by atoms with E-state index in [9.17, 15) is 0 Å². The minimum atomic E-state index is 0.522. The molecule has 0 saturated carbocycles. The molecule has 0 N–H and O–H groups in total. The zero-order valence-electron chi connectivity index (χ0n) is 13.2. The summed E-state index contributed by atoms with van der Waals surface area (Å²) in [5, 5.41) is 2.21. The number of anilines is 1. The Kier molecular flexibility index (Phi) is 3.96. The summed E-state index contributed by atoms with van der Waals surface area (Å²) in [6.07, 6.45) is 0. The monoisotopic (exact) mass is 292 g/mol. The molecule has 0 atom stereocenters. The van der Waals surface area contributed by atoms with Gasteiger partial charge in [0.2, 0.25) is 5.88 Å². The first kappa shape index (κ1) is 14.4. The topological polar surface area (TPSA) is 25.4 Å². The minimum absolute atomic E-state index is 0.522. The van der Waals surface area contributed by atoms with Gasteiger partial charge in [-0.3, -0.25) is 0 Å². The molecule has 2 aromatic carbocycles. The summed E-state index contributed by atoms with van der Waals surface area (Å²) in [6.45, 7) is 2.51. The van der Waals surface area contributed by atoms with Crippen molar-refractivity contribution in [3.63, 3.8) is 0 Å². The van der Waals surface area contributed by atoms with Crippen LogP contribution in [0.15, 0.2) is 54.6 Å². The number of ether oxygens (including phenoxy) is 1. The van der Waals surface area contributed by atoms with Crippen molar-refractivity contribution in [3.8, 4) is 5.88 Å². The Morgan fingerprint density at radius 3 is 2.45 bits per heavy atom. The average molecular weight is 292 g/mol. The van der Waals surface area contributed by atoms with E-state index in [0.717, 1.165) is 22.0 Å². The van der Waals surface area contributed by atoms with Crippen LogP contribution in [0.1, 0.15) is 11.3 Å². The molecule has 1 aromatic heterocycles. The zero-order chi connectivity index (χ0) is 15.5. The van der Waals surface area contributed by atoms with Crippen molar-refractivity contribution in [1.29, 1.82) is 0 Å². The first-order chi connectivity index (χ1) is 10.6. The number of aryl methyl sites for hydroxylation is 1. The van der Waals surface area contributed by atoms with Crippen LogP contribution in [0.2, 0.25) is 0 Å². The van der Waals surface area contributed by atoms with E-state index in [2.05, 4.69) is 46.3 Å². The fourth-order valence-corrected chi connectivity index (χ4v) is 2.45. The Bertz CT molecular complexity index is 779. The molecule has 0 spiro atoms. The highest BCUT2D eigenvalue weighted by atomic mass is 16.5. The van der Waals surface area contributed by atoms with Gasteiger partial charge in [-0.15, -0.1) is 0 Å². The highest BCUT2D eigenvalue weighted by Crippen LogP contribution is 2.25. The van der Waals surface area contributed by atoms with Crippen molar-refractivity contribution in [2.45, 2.75) is 13.5 Å². The molecule has 3 aromatic rings. The van der Waals surface area contributed by atoms with Gasteiger partial charge >= 0.3 is 0 Å². The highest BCUT2D eigenvalue weighted by molar-refractivity contribution is 5.87. The van der Waals surface area contributed by atoms with E-state index in [1.807, 2.05) is 39.2 Å². The summed E-state index contributed by atoms with van der Waals surface area (Å²) < 4.78 is 5.96. The first-order valence-corrected chi connectivity index (χ1v) is 7.39. The molecule has 22 heavy (non-hydrogen) atoms. The summed E-state index contributed by atoms with van der Waals surface area (Å²) in [5.41, 5.74) is 3.29. The van der Waals surface area contributed by atoms with Gasteiger partial charge in [0, 0.05) is 30.9 Å². The van der Waals surface area contributed by atoms with E-state index in [1.54, 1.807) is 0 Å². The van der Waals surface area contributed by atoms with Crippen LogP contribution in [0.4, 0.5) is 5.69 Å². The second-order valence-corrected chi connectivity index (χ2v) is 5.64. The van der Waals surface area contributed by atoms with Crippen LogP contribution in [-0.4, -0.2) is 19.1 Å². The van der Waals surface area contributed by atoms with Gasteiger partial charge in [0.25, 0.3) is 0 Å². The molecule has 3 rings (SSSR count). The maximum atomic E-state index is 5.96. The number of nitrogens with zero attached hydrogens (tertiary/aromatic N) is 2. The van der Waals surface area contributed by atoms with Gasteiger partial charge in [-0.2, -0.15) is 0 Å². The third kappa shape index (κ3) is 3.03. The smallest absolute Gasteiger partial charge is 0.221 e. The molecule has 0 radical (unpaired) electrons. The molecule has 3 nitrogen and oxygen atoms in total. The molecule has 3 heteroatoms. The van der Waals surface area contributed by atoms with Gasteiger partial charge in [-0.05, 0) is 42.1 Å². The highest BCUT2D eigenvalue weighted by Gasteiger charge is 2.05. The van der Waals surface area contributed by atoms with Crippen LogP contribution in [0.25, 0.3) is 10.8 Å². The van der Waals surface area contributed by atoms with Crippen molar-refractivity contribution < 1.29 is 4.74 Å². The third-order valence-electron chi connectivity index (χ3n) is 3.66. The van der Waals surface area contributed by atoms with Crippen LogP contribution in [0.3, 0.4) is 0 Å². The van der Waals surface area contributed by atoms with Crippen LogP contribution in [-0.2, 0) is 6.61 Å². The zero-order valence-corrected chi connectivity index (χ0v) is 13.2. The van der Waals surface area contributed by atoms with Gasteiger partial charge in [-0.1, -0.05) is 30.3 Å². The Labute approximate surface area is 131 Å². The Hall–Kier alpha value is -2.55. The van der Waals surface area contributed by atoms with E-state index in [0.29, 0.717) is 12.5 Å². The minimum Gasteiger partial charge on any atom is -0.472 e. The number of hydrogen-bond donors (Lipinski definition) is 0. The van der Waals surface area contributed by atoms with Crippen molar-refractivity contribution in [3.05, 3.63) is 65.9 Å². The standard InChI is InChI=1S/C19H20N2O/c1-14-12-16-6-4-5-7-18(16)19(20-14)22-13-15-8-10-17(11-9-15)21(2)3/h4-12H,13H2,1-3H3. The fraction of sp³-hybridized carbons (Fsp3) is 0.211. The molecule has 0 amide bonds. The molecule has 0 aliphatic carbocycles. The lowest BCUT2D eigenvalue weighted by Gasteiger charge is -2.13.